The van der Waals surface area contributed by atoms with Crippen LogP contribution in [0.2, 0.25) is 0 Å². The first kappa shape index (κ1) is 22.2. The van der Waals surface area contributed by atoms with Gasteiger partial charge in [-0.15, -0.1) is 0 Å². The van der Waals surface area contributed by atoms with Crippen molar-refractivity contribution < 1.29 is 14.5 Å². The summed E-state index contributed by atoms with van der Waals surface area (Å²) in [6.07, 6.45) is -0.392. The maximum absolute atomic E-state index is 13.1. The van der Waals surface area contributed by atoms with E-state index in [1.165, 1.54) is 17.1 Å². The lowest BCUT2D eigenvalue weighted by Gasteiger charge is -2.28. The van der Waals surface area contributed by atoms with Crippen LogP contribution in [0.15, 0.2) is 84.0 Å². The molecule has 0 N–H and O–H groups in total. The van der Waals surface area contributed by atoms with Gasteiger partial charge in [0.1, 0.15) is 11.9 Å². The first-order valence-corrected chi connectivity index (χ1v) is 10.5. The second kappa shape index (κ2) is 9.62. The number of carbonyl (C=O) groups is 1. The quantitative estimate of drug-likeness (QED) is 0.307. The zero-order valence-electron chi connectivity index (χ0n) is 18.4. The molecule has 4 rings (SSSR count). The maximum Gasteiger partial charge on any atom is 0.269 e. The van der Waals surface area contributed by atoms with Gasteiger partial charge in [0.05, 0.1) is 24.3 Å². The first-order chi connectivity index (χ1) is 16.0. The van der Waals surface area contributed by atoms with Crippen molar-refractivity contribution in [2.45, 2.75) is 19.6 Å². The molecule has 1 aliphatic rings. The van der Waals surface area contributed by atoms with Gasteiger partial charge in [0.2, 0.25) is 0 Å². The number of hydrogen-bond acceptors (Lipinski definition) is 6. The van der Waals surface area contributed by atoms with E-state index < -0.39 is 11.1 Å². The fourth-order valence-electron chi connectivity index (χ4n) is 3.87. The molecule has 1 saturated heterocycles. The minimum absolute atomic E-state index is 0.00828. The van der Waals surface area contributed by atoms with E-state index >= 15 is 0 Å². The first-order valence-electron chi connectivity index (χ1n) is 10.5. The summed E-state index contributed by atoms with van der Waals surface area (Å²) in [7, 11) is 1.61. The molecule has 3 aromatic rings. The van der Waals surface area contributed by atoms with Crippen LogP contribution in [0.3, 0.4) is 0 Å². The molecule has 1 atom stereocenters. The number of hydrogen-bond donors (Lipinski definition) is 0. The Kier molecular flexibility index (Phi) is 6.46. The van der Waals surface area contributed by atoms with Gasteiger partial charge in [0.25, 0.3) is 11.6 Å². The smallest absolute Gasteiger partial charge is 0.269 e. The van der Waals surface area contributed by atoms with Gasteiger partial charge in [-0.2, -0.15) is 5.10 Å². The van der Waals surface area contributed by atoms with Crippen molar-refractivity contribution in [2.24, 2.45) is 5.10 Å². The molecule has 1 amide bonds. The normalized spacial score (nSPS) is 16.8. The van der Waals surface area contributed by atoms with Gasteiger partial charge >= 0.3 is 0 Å². The summed E-state index contributed by atoms with van der Waals surface area (Å²) in [5.74, 6) is 0.614. The van der Waals surface area contributed by atoms with Crippen LogP contribution >= 0.6 is 0 Å². The Hall–Kier alpha value is -4.04. The number of nitro groups is 1. The second-order valence-electron chi connectivity index (χ2n) is 7.77. The van der Waals surface area contributed by atoms with Gasteiger partial charge in [0, 0.05) is 18.7 Å². The molecule has 0 spiro atoms. The maximum atomic E-state index is 13.1. The highest BCUT2D eigenvalue weighted by Crippen LogP contribution is 2.33. The summed E-state index contributed by atoms with van der Waals surface area (Å²) in [5.41, 5.74) is 3.33. The number of non-ortho nitro benzene ring substituents is 1. The highest BCUT2D eigenvalue weighted by molar-refractivity contribution is 5.99. The topological polar surface area (TPSA) is 88.3 Å². The van der Waals surface area contributed by atoms with Crippen molar-refractivity contribution in [3.05, 3.63) is 106 Å². The molecule has 1 aliphatic heterocycles. The molecule has 1 heterocycles. The van der Waals surface area contributed by atoms with Gasteiger partial charge in [-0.1, -0.05) is 42.5 Å². The highest BCUT2D eigenvalue weighted by Gasteiger charge is 2.39. The zero-order valence-corrected chi connectivity index (χ0v) is 18.4. The van der Waals surface area contributed by atoms with E-state index in [0.717, 1.165) is 16.9 Å². The second-order valence-corrected chi connectivity index (χ2v) is 7.77. The molecular formula is C25H24N4O4. The van der Waals surface area contributed by atoms with Crippen molar-refractivity contribution in [1.29, 1.82) is 0 Å². The minimum atomic E-state index is -0.443. The predicted molar refractivity (Wildman–Crippen MR) is 125 cm³/mol. The minimum Gasteiger partial charge on any atom is -0.497 e. The van der Waals surface area contributed by atoms with Gasteiger partial charge in [-0.05, 0) is 47.9 Å². The highest BCUT2D eigenvalue weighted by atomic mass is 16.6. The van der Waals surface area contributed by atoms with Crippen molar-refractivity contribution >= 4 is 17.3 Å². The molecule has 0 bridgehead atoms. The molecule has 0 aliphatic carbocycles. The van der Waals surface area contributed by atoms with Crippen LogP contribution in [0.4, 0.5) is 5.69 Å². The van der Waals surface area contributed by atoms with Crippen LogP contribution in [0.25, 0.3) is 0 Å². The van der Waals surface area contributed by atoms with E-state index in [1.807, 2.05) is 54.6 Å². The Balaban J connectivity index is 1.68. The van der Waals surface area contributed by atoms with Crippen LogP contribution in [-0.2, 0) is 11.3 Å². The molecule has 33 heavy (non-hydrogen) atoms. The van der Waals surface area contributed by atoms with Crippen LogP contribution < -0.4 is 4.74 Å². The zero-order chi connectivity index (χ0) is 23.4. The van der Waals surface area contributed by atoms with E-state index in [1.54, 1.807) is 26.2 Å². The molecule has 168 valence electrons. The van der Waals surface area contributed by atoms with Crippen LogP contribution in [0.1, 0.15) is 29.8 Å². The number of nitrogens with zero attached hydrogens (tertiary/aromatic N) is 4. The number of rotatable bonds is 7. The van der Waals surface area contributed by atoms with Crippen molar-refractivity contribution in [1.82, 2.24) is 9.91 Å². The molecule has 0 saturated carbocycles. The SMILES string of the molecule is COc1ccc([C@H]2N(Cc3ccccc3)CC(=O)N2/N=C(/C)c2ccc([N+](=O)[O-])cc2)cc1. The fraction of sp³-hybridized carbons (Fsp3) is 0.200. The number of nitro benzene ring substituents is 1. The molecule has 0 unspecified atom stereocenters. The lowest BCUT2D eigenvalue weighted by molar-refractivity contribution is -0.384. The molecule has 0 aromatic heterocycles. The molecule has 8 heteroatoms. The van der Waals surface area contributed by atoms with Crippen molar-refractivity contribution in [3.8, 4) is 5.75 Å². The number of methoxy groups -OCH3 is 1. The average molecular weight is 444 g/mol. The number of ether oxygens (including phenoxy) is 1. The molecular weight excluding hydrogens is 420 g/mol. The Labute approximate surface area is 191 Å². The van der Waals surface area contributed by atoms with Crippen molar-refractivity contribution in [2.75, 3.05) is 13.7 Å². The summed E-state index contributed by atoms with van der Waals surface area (Å²) >= 11 is 0. The Bertz CT molecular complexity index is 1160. The third-order valence-electron chi connectivity index (χ3n) is 5.57. The van der Waals surface area contributed by atoms with Crippen LogP contribution in [-0.4, -0.2) is 40.1 Å². The number of amides is 1. The van der Waals surface area contributed by atoms with Gasteiger partial charge in [-0.3, -0.25) is 19.8 Å². The monoisotopic (exact) mass is 444 g/mol. The predicted octanol–water partition coefficient (Wildman–Crippen LogP) is 4.37. The number of hydrazone groups is 1. The van der Waals surface area contributed by atoms with Crippen molar-refractivity contribution in [3.63, 3.8) is 0 Å². The Morgan fingerprint density at radius 3 is 2.33 bits per heavy atom. The average Bonchev–Trinajstić information content (AvgIpc) is 3.14. The van der Waals surface area contributed by atoms with Crippen LogP contribution in [0.5, 0.6) is 5.75 Å². The third kappa shape index (κ3) is 4.91. The van der Waals surface area contributed by atoms with E-state index in [0.29, 0.717) is 17.8 Å². The standard InChI is InChI=1S/C25H24N4O4/c1-18(20-8-12-22(13-9-20)29(31)32)26-28-24(30)17-27(16-19-6-4-3-5-7-19)25(28)21-10-14-23(33-2)15-11-21/h3-15,25H,16-17H2,1-2H3/b26-18-/t25-/m0/s1. The van der Waals surface area contributed by atoms with E-state index in [4.69, 9.17) is 4.74 Å². The van der Waals surface area contributed by atoms with E-state index in [9.17, 15) is 14.9 Å². The fourth-order valence-corrected chi connectivity index (χ4v) is 3.87. The van der Waals surface area contributed by atoms with Gasteiger partial charge in [-0.25, -0.2) is 5.01 Å². The number of carbonyl (C=O) groups excluding carboxylic acids is 1. The van der Waals surface area contributed by atoms with E-state index in [-0.39, 0.29) is 18.1 Å². The summed E-state index contributed by atoms with van der Waals surface area (Å²) in [6.45, 7) is 2.61. The van der Waals surface area contributed by atoms with E-state index in [2.05, 4.69) is 10.0 Å². The summed E-state index contributed by atoms with van der Waals surface area (Å²) in [4.78, 5) is 25.6. The Morgan fingerprint density at radius 2 is 1.73 bits per heavy atom. The van der Waals surface area contributed by atoms with Gasteiger partial charge < -0.3 is 4.74 Å². The summed E-state index contributed by atoms with van der Waals surface area (Å²) in [5, 5.41) is 17.1. The number of benzene rings is 3. The molecule has 8 nitrogen and oxygen atoms in total. The summed E-state index contributed by atoms with van der Waals surface area (Å²) < 4.78 is 5.28. The lowest BCUT2D eigenvalue weighted by atomic mass is 10.1. The van der Waals surface area contributed by atoms with Gasteiger partial charge in [0.15, 0.2) is 0 Å². The Morgan fingerprint density at radius 1 is 1.06 bits per heavy atom. The third-order valence-corrected chi connectivity index (χ3v) is 5.57. The summed E-state index contributed by atoms with van der Waals surface area (Å²) in [6, 6.07) is 23.7. The lowest BCUT2D eigenvalue weighted by Crippen LogP contribution is -2.29. The largest absolute Gasteiger partial charge is 0.497 e. The molecule has 3 aromatic carbocycles. The molecule has 0 radical (unpaired) electrons. The van der Waals surface area contributed by atoms with Crippen LogP contribution in [0, 0.1) is 10.1 Å². The molecule has 1 fully saturated rings.